The zero-order valence-corrected chi connectivity index (χ0v) is 12.5. The van der Waals surface area contributed by atoms with Gasteiger partial charge in [-0.05, 0) is 30.3 Å². The van der Waals surface area contributed by atoms with E-state index < -0.39 is 23.8 Å². The van der Waals surface area contributed by atoms with Gasteiger partial charge < -0.3 is 14.8 Å². The summed E-state index contributed by atoms with van der Waals surface area (Å²) >= 11 is 0. The number of esters is 1. The lowest BCUT2D eigenvalue weighted by atomic mass is 10.2. The van der Waals surface area contributed by atoms with Crippen molar-refractivity contribution in [2.24, 2.45) is 0 Å². The highest BCUT2D eigenvalue weighted by atomic mass is 19.4. The molecule has 7 heteroatoms. The largest absolute Gasteiger partial charge is 0.489 e. The van der Waals surface area contributed by atoms with Gasteiger partial charge in [0.2, 0.25) is 0 Å². The third-order valence-electron chi connectivity index (χ3n) is 3.53. The van der Waals surface area contributed by atoms with E-state index in [0.717, 1.165) is 12.1 Å². The lowest BCUT2D eigenvalue weighted by Crippen LogP contribution is -2.29. The molecule has 1 atom stereocenters. The van der Waals surface area contributed by atoms with E-state index in [1.54, 1.807) is 24.3 Å². The molecule has 0 saturated carbocycles. The molecule has 0 aliphatic carbocycles. The van der Waals surface area contributed by atoms with Crippen molar-refractivity contribution in [3.8, 4) is 5.75 Å². The van der Waals surface area contributed by atoms with Crippen molar-refractivity contribution in [1.29, 1.82) is 0 Å². The number of rotatable bonds is 3. The average Bonchev–Trinajstić information content (AvgIpc) is 2.72. The van der Waals surface area contributed by atoms with Crippen molar-refractivity contribution < 1.29 is 27.4 Å². The minimum atomic E-state index is -4.41. The van der Waals surface area contributed by atoms with Crippen LogP contribution in [0.2, 0.25) is 0 Å². The first-order valence-corrected chi connectivity index (χ1v) is 7.27. The number of carbonyl (C=O) groups is 1. The molecule has 0 amide bonds. The molecular formula is C17H14F3NO3. The molecule has 1 N–H and O–H groups in total. The monoisotopic (exact) mass is 337 g/mol. The Bertz CT molecular complexity index is 746. The fourth-order valence-corrected chi connectivity index (χ4v) is 2.33. The Hall–Kier alpha value is -2.70. The zero-order valence-electron chi connectivity index (χ0n) is 12.5. The number of carbonyl (C=O) groups excluding carboxylic acids is 1. The van der Waals surface area contributed by atoms with E-state index in [1.807, 2.05) is 0 Å². The molecule has 1 aliphatic rings. The van der Waals surface area contributed by atoms with Crippen molar-refractivity contribution in [1.82, 2.24) is 0 Å². The minimum Gasteiger partial charge on any atom is -0.489 e. The number of para-hydroxylation sites is 1. The van der Waals surface area contributed by atoms with Crippen molar-refractivity contribution in [2.75, 3.05) is 18.5 Å². The Morgan fingerprint density at radius 2 is 1.92 bits per heavy atom. The van der Waals surface area contributed by atoms with Gasteiger partial charge in [-0.15, -0.1) is 0 Å². The van der Waals surface area contributed by atoms with Crippen LogP contribution in [-0.2, 0) is 10.9 Å². The minimum absolute atomic E-state index is 0.120. The smallest absolute Gasteiger partial charge is 0.416 e. The van der Waals surface area contributed by atoms with Crippen molar-refractivity contribution in [2.45, 2.75) is 12.3 Å². The highest BCUT2D eigenvalue weighted by molar-refractivity contribution is 5.92. The van der Waals surface area contributed by atoms with Gasteiger partial charge in [0.25, 0.3) is 0 Å². The fourth-order valence-electron chi connectivity index (χ4n) is 2.33. The summed E-state index contributed by atoms with van der Waals surface area (Å²) in [5.74, 6) is -0.0805. The Morgan fingerprint density at radius 3 is 2.71 bits per heavy atom. The number of hydrogen-bond donors (Lipinski definition) is 1. The summed E-state index contributed by atoms with van der Waals surface area (Å²) in [6.45, 7) is 0.260. The molecule has 0 aromatic heterocycles. The van der Waals surface area contributed by atoms with Gasteiger partial charge in [-0.2, -0.15) is 13.2 Å². The Labute approximate surface area is 136 Å². The Balaban J connectivity index is 1.65. The van der Waals surface area contributed by atoms with Gasteiger partial charge in [0, 0.05) is 5.69 Å². The standard InChI is InChI=1S/C17H14F3NO3/c18-17(19,20)11-4-3-5-12(8-11)21-9-13-10-23-15-7-2-1-6-14(15)16(22)24-13/h1-8,13,21H,9-10H2. The van der Waals surface area contributed by atoms with Crippen LogP contribution >= 0.6 is 0 Å². The third kappa shape index (κ3) is 3.61. The van der Waals surface area contributed by atoms with Crippen LogP contribution in [0.25, 0.3) is 0 Å². The number of nitrogens with one attached hydrogen (secondary N) is 1. The normalized spacial score (nSPS) is 17.3. The topological polar surface area (TPSA) is 47.6 Å². The summed E-state index contributed by atoms with van der Waals surface area (Å²) in [6, 6.07) is 11.5. The van der Waals surface area contributed by atoms with Gasteiger partial charge in [-0.1, -0.05) is 18.2 Å². The third-order valence-corrected chi connectivity index (χ3v) is 3.53. The van der Waals surface area contributed by atoms with Crippen LogP contribution in [0, 0.1) is 0 Å². The summed E-state index contributed by atoms with van der Waals surface area (Å²) in [5.41, 5.74) is -0.115. The van der Waals surface area contributed by atoms with Crippen LogP contribution in [0.5, 0.6) is 5.75 Å². The number of anilines is 1. The first-order valence-electron chi connectivity index (χ1n) is 7.27. The first kappa shape index (κ1) is 16.2. The van der Waals surface area contributed by atoms with Crippen LogP contribution in [0.4, 0.5) is 18.9 Å². The fraction of sp³-hybridized carbons (Fsp3) is 0.235. The van der Waals surface area contributed by atoms with Crippen molar-refractivity contribution in [3.05, 3.63) is 59.7 Å². The molecule has 3 rings (SSSR count). The molecule has 0 saturated heterocycles. The second-order valence-electron chi connectivity index (χ2n) is 5.29. The van der Waals surface area contributed by atoms with Crippen molar-refractivity contribution >= 4 is 11.7 Å². The highest BCUT2D eigenvalue weighted by Crippen LogP contribution is 2.30. The second-order valence-corrected chi connectivity index (χ2v) is 5.29. The number of ether oxygens (including phenoxy) is 2. The highest BCUT2D eigenvalue weighted by Gasteiger charge is 2.30. The van der Waals surface area contributed by atoms with Gasteiger partial charge in [0.05, 0.1) is 12.1 Å². The van der Waals surface area contributed by atoms with E-state index in [9.17, 15) is 18.0 Å². The van der Waals surface area contributed by atoms with Crippen LogP contribution in [0.1, 0.15) is 15.9 Å². The predicted octanol–water partition coefficient (Wildman–Crippen LogP) is 3.74. The first-order chi connectivity index (χ1) is 11.4. The van der Waals surface area contributed by atoms with Gasteiger partial charge in [-0.25, -0.2) is 4.79 Å². The average molecular weight is 337 g/mol. The summed E-state index contributed by atoms with van der Waals surface area (Å²) in [6.07, 6.45) is -5.02. The molecule has 0 spiro atoms. The summed E-state index contributed by atoms with van der Waals surface area (Å²) in [7, 11) is 0. The number of alkyl halides is 3. The summed E-state index contributed by atoms with van der Waals surface area (Å²) < 4.78 is 48.9. The van der Waals surface area contributed by atoms with Gasteiger partial charge in [0.1, 0.15) is 17.9 Å². The number of hydrogen-bond acceptors (Lipinski definition) is 4. The number of halogens is 3. The summed E-state index contributed by atoms with van der Waals surface area (Å²) in [4.78, 5) is 12.0. The van der Waals surface area contributed by atoms with Crippen LogP contribution in [0.3, 0.4) is 0 Å². The molecule has 0 bridgehead atoms. The molecule has 126 valence electrons. The van der Waals surface area contributed by atoms with E-state index in [-0.39, 0.29) is 13.2 Å². The van der Waals surface area contributed by atoms with Crippen LogP contribution in [-0.4, -0.2) is 25.2 Å². The molecular weight excluding hydrogens is 323 g/mol. The molecule has 0 fully saturated rings. The van der Waals surface area contributed by atoms with Gasteiger partial charge in [0.15, 0.2) is 6.10 Å². The number of fused-ring (bicyclic) bond motifs is 1. The van der Waals surface area contributed by atoms with E-state index in [0.29, 0.717) is 17.0 Å². The molecule has 1 heterocycles. The van der Waals surface area contributed by atoms with Crippen molar-refractivity contribution in [3.63, 3.8) is 0 Å². The number of benzene rings is 2. The maximum atomic E-state index is 12.7. The Kier molecular flexibility index (Phi) is 4.33. The maximum Gasteiger partial charge on any atom is 0.416 e. The second kappa shape index (κ2) is 6.43. The maximum absolute atomic E-state index is 12.7. The van der Waals surface area contributed by atoms with Crippen LogP contribution in [0.15, 0.2) is 48.5 Å². The molecule has 2 aromatic carbocycles. The van der Waals surface area contributed by atoms with E-state index in [4.69, 9.17) is 9.47 Å². The van der Waals surface area contributed by atoms with Crippen LogP contribution < -0.4 is 10.1 Å². The lowest BCUT2D eigenvalue weighted by molar-refractivity contribution is -0.137. The Morgan fingerprint density at radius 1 is 1.12 bits per heavy atom. The molecule has 0 radical (unpaired) electrons. The lowest BCUT2D eigenvalue weighted by Gasteiger charge is -2.16. The summed E-state index contributed by atoms with van der Waals surface area (Å²) in [5, 5.41) is 2.84. The molecule has 4 nitrogen and oxygen atoms in total. The van der Waals surface area contributed by atoms with E-state index in [1.165, 1.54) is 12.1 Å². The molecule has 2 aromatic rings. The SMILES string of the molecule is O=C1OC(CNc2cccc(C(F)(F)F)c2)COc2ccccc21. The molecule has 1 unspecified atom stereocenters. The quantitative estimate of drug-likeness (QED) is 0.867. The molecule has 1 aliphatic heterocycles. The van der Waals surface area contributed by atoms with Gasteiger partial charge >= 0.3 is 12.1 Å². The number of cyclic esters (lactones) is 1. The van der Waals surface area contributed by atoms with Gasteiger partial charge in [-0.3, -0.25) is 0 Å². The molecule has 24 heavy (non-hydrogen) atoms. The zero-order chi connectivity index (χ0) is 17.2. The van der Waals surface area contributed by atoms with E-state index >= 15 is 0 Å². The predicted molar refractivity (Wildman–Crippen MR) is 81.1 cm³/mol. The van der Waals surface area contributed by atoms with E-state index in [2.05, 4.69) is 5.32 Å².